The van der Waals surface area contributed by atoms with Crippen LogP contribution in [0.15, 0.2) is 0 Å². The second-order valence-electron chi connectivity index (χ2n) is 9.06. The van der Waals surface area contributed by atoms with Crippen molar-refractivity contribution in [2.75, 3.05) is 13.2 Å². The van der Waals surface area contributed by atoms with Crippen LogP contribution in [0.4, 0.5) is 0 Å². The lowest BCUT2D eigenvalue weighted by atomic mass is 9.53. The zero-order valence-corrected chi connectivity index (χ0v) is 17.0. The quantitative estimate of drug-likeness (QED) is 0.810. The van der Waals surface area contributed by atoms with Crippen molar-refractivity contribution in [3.05, 3.63) is 0 Å². The average molecular weight is 355 g/mol. The normalized spacial score (nSPS) is 43.8. The summed E-state index contributed by atoms with van der Waals surface area (Å²) in [5.41, 5.74) is 0.0303. The first-order chi connectivity index (χ1) is 11.8. The van der Waals surface area contributed by atoms with Gasteiger partial charge in [0.25, 0.3) is 0 Å². The largest absolute Gasteiger partial charge is 0.393 e. The predicted molar refractivity (Wildman–Crippen MR) is 98.2 cm³/mol. The fourth-order valence-electron chi connectivity index (χ4n) is 6.05. The number of aliphatic hydroxyl groups is 1. The highest BCUT2D eigenvalue weighted by Crippen LogP contribution is 2.66. The Labute approximate surface area is 153 Å². The SMILES string of the molecule is CCC(C)O[C@@H]1CC2(C(C)[C@@H](C)O)CCC3(OCCO3)C2[C@@H](C)[C@@H]1C. The van der Waals surface area contributed by atoms with Gasteiger partial charge in [0.1, 0.15) is 0 Å². The van der Waals surface area contributed by atoms with E-state index in [0.717, 1.165) is 25.7 Å². The zero-order valence-electron chi connectivity index (χ0n) is 17.0. The summed E-state index contributed by atoms with van der Waals surface area (Å²) in [7, 11) is 0. The van der Waals surface area contributed by atoms with Crippen LogP contribution in [0.5, 0.6) is 0 Å². The number of hydrogen-bond donors (Lipinski definition) is 1. The highest BCUT2D eigenvalue weighted by Gasteiger charge is 2.67. The summed E-state index contributed by atoms with van der Waals surface area (Å²) in [5.74, 6) is 1.03. The predicted octanol–water partition coefficient (Wildman–Crippen LogP) is 4.00. The molecule has 3 rings (SSSR count). The molecule has 1 saturated heterocycles. The molecule has 3 fully saturated rings. The van der Waals surface area contributed by atoms with Crippen LogP contribution in [0.25, 0.3) is 0 Å². The molecule has 0 aromatic carbocycles. The van der Waals surface area contributed by atoms with Crippen molar-refractivity contribution >= 4 is 0 Å². The fraction of sp³-hybridized carbons (Fsp3) is 1.00. The number of fused-ring (bicyclic) bond motifs is 2. The first-order valence-corrected chi connectivity index (χ1v) is 10.4. The second-order valence-corrected chi connectivity index (χ2v) is 9.06. The highest BCUT2D eigenvalue weighted by atomic mass is 16.7. The van der Waals surface area contributed by atoms with Crippen LogP contribution >= 0.6 is 0 Å². The van der Waals surface area contributed by atoms with Crippen molar-refractivity contribution < 1.29 is 19.3 Å². The van der Waals surface area contributed by atoms with E-state index in [9.17, 15) is 5.11 Å². The molecule has 1 heterocycles. The molecule has 2 aliphatic carbocycles. The van der Waals surface area contributed by atoms with E-state index < -0.39 is 5.79 Å². The van der Waals surface area contributed by atoms with Gasteiger partial charge in [-0.2, -0.15) is 0 Å². The maximum atomic E-state index is 10.5. The Hall–Kier alpha value is -0.160. The van der Waals surface area contributed by atoms with Crippen LogP contribution in [0.2, 0.25) is 0 Å². The van der Waals surface area contributed by atoms with Crippen molar-refractivity contribution in [1.82, 2.24) is 0 Å². The Morgan fingerprint density at radius 1 is 1.08 bits per heavy atom. The van der Waals surface area contributed by atoms with E-state index in [2.05, 4.69) is 34.6 Å². The molecule has 4 unspecified atom stereocenters. The number of aliphatic hydroxyl groups excluding tert-OH is 1. The van der Waals surface area contributed by atoms with Gasteiger partial charge in [0.2, 0.25) is 0 Å². The van der Waals surface area contributed by atoms with Crippen molar-refractivity contribution in [3.63, 3.8) is 0 Å². The molecular weight excluding hydrogens is 316 g/mol. The lowest BCUT2D eigenvalue weighted by Gasteiger charge is -2.55. The summed E-state index contributed by atoms with van der Waals surface area (Å²) < 4.78 is 18.9. The van der Waals surface area contributed by atoms with Crippen molar-refractivity contribution in [2.45, 2.75) is 91.3 Å². The smallest absolute Gasteiger partial charge is 0.172 e. The van der Waals surface area contributed by atoms with Gasteiger partial charge < -0.3 is 19.3 Å². The molecule has 0 bridgehead atoms. The Balaban J connectivity index is 1.96. The molecule has 0 aromatic heterocycles. The van der Waals surface area contributed by atoms with E-state index in [1.165, 1.54) is 0 Å². The molecule has 0 radical (unpaired) electrons. The Morgan fingerprint density at radius 3 is 2.28 bits per heavy atom. The van der Waals surface area contributed by atoms with Crippen molar-refractivity contribution in [3.8, 4) is 0 Å². The summed E-state index contributed by atoms with van der Waals surface area (Å²) in [6.45, 7) is 14.6. The highest BCUT2D eigenvalue weighted by molar-refractivity contribution is 5.12. The average Bonchev–Trinajstić information content (AvgIpc) is 3.18. The molecule has 0 aromatic rings. The number of ether oxygens (including phenoxy) is 3. The third-order valence-corrected chi connectivity index (χ3v) is 7.94. The van der Waals surface area contributed by atoms with Crippen LogP contribution in [0, 0.1) is 29.1 Å². The van der Waals surface area contributed by atoms with E-state index in [1.807, 2.05) is 6.92 Å². The number of rotatable bonds is 5. The van der Waals surface area contributed by atoms with Gasteiger partial charge in [-0.15, -0.1) is 0 Å². The molecule has 4 heteroatoms. The summed E-state index contributed by atoms with van der Waals surface area (Å²) in [6, 6.07) is 0. The molecule has 3 aliphatic rings. The van der Waals surface area contributed by atoms with Gasteiger partial charge in [-0.25, -0.2) is 0 Å². The summed E-state index contributed by atoms with van der Waals surface area (Å²) in [6.07, 6.45) is 4.25. The lowest BCUT2D eigenvalue weighted by Crippen LogP contribution is -2.57. The van der Waals surface area contributed by atoms with Crippen LogP contribution in [-0.2, 0) is 14.2 Å². The van der Waals surface area contributed by atoms with Gasteiger partial charge in [0.15, 0.2) is 5.79 Å². The molecule has 0 amide bonds. The Morgan fingerprint density at radius 2 is 1.72 bits per heavy atom. The molecule has 1 N–H and O–H groups in total. The second kappa shape index (κ2) is 7.10. The first kappa shape index (κ1) is 19.6. The summed E-state index contributed by atoms with van der Waals surface area (Å²) in [4.78, 5) is 0. The monoisotopic (exact) mass is 354 g/mol. The topological polar surface area (TPSA) is 47.9 Å². The Kier molecular flexibility index (Phi) is 5.57. The minimum atomic E-state index is -0.432. The lowest BCUT2D eigenvalue weighted by molar-refractivity contribution is -0.243. The number of hydrogen-bond acceptors (Lipinski definition) is 4. The molecule has 1 spiro atoms. The summed E-state index contributed by atoms with van der Waals surface area (Å²) >= 11 is 0. The molecular formula is C21H38O4. The fourth-order valence-corrected chi connectivity index (χ4v) is 6.05. The van der Waals surface area contributed by atoms with Gasteiger partial charge in [0.05, 0.1) is 31.5 Å². The van der Waals surface area contributed by atoms with Gasteiger partial charge in [-0.3, -0.25) is 0 Å². The summed E-state index contributed by atoms with van der Waals surface area (Å²) in [5, 5.41) is 10.5. The van der Waals surface area contributed by atoms with Crippen molar-refractivity contribution in [2.24, 2.45) is 29.1 Å². The molecule has 4 nitrogen and oxygen atoms in total. The first-order valence-electron chi connectivity index (χ1n) is 10.4. The minimum absolute atomic E-state index is 0.0303. The van der Waals surface area contributed by atoms with Gasteiger partial charge in [-0.1, -0.05) is 27.7 Å². The van der Waals surface area contributed by atoms with E-state index in [4.69, 9.17) is 14.2 Å². The van der Waals surface area contributed by atoms with Crippen LogP contribution in [0.1, 0.15) is 67.2 Å². The molecule has 146 valence electrons. The van der Waals surface area contributed by atoms with E-state index in [0.29, 0.717) is 31.0 Å². The maximum Gasteiger partial charge on any atom is 0.172 e. The van der Waals surface area contributed by atoms with E-state index >= 15 is 0 Å². The van der Waals surface area contributed by atoms with Gasteiger partial charge in [-0.05, 0) is 56.3 Å². The van der Waals surface area contributed by atoms with Gasteiger partial charge in [0, 0.05) is 12.3 Å². The van der Waals surface area contributed by atoms with Crippen LogP contribution in [0.3, 0.4) is 0 Å². The molecule has 1 aliphatic heterocycles. The standard InChI is InChI=1S/C21H38O4/c1-7-13(2)25-18-12-20(16(5)17(6)22)8-9-21(23-10-11-24-21)19(20)15(4)14(18)3/h13-19,22H,7-12H2,1-6H3/t13?,14-,15-,16?,17+,18+,19?,20?/m0/s1. The maximum absolute atomic E-state index is 10.5. The van der Waals surface area contributed by atoms with E-state index in [-0.39, 0.29) is 29.6 Å². The molecule has 8 atom stereocenters. The zero-order chi connectivity index (χ0) is 18.4. The molecule has 25 heavy (non-hydrogen) atoms. The van der Waals surface area contributed by atoms with E-state index in [1.54, 1.807) is 0 Å². The van der Waals surface area contributed by atoms with Crippen molar-refractivity contribution in [1.29, 1.82) is 0 Å². The van der Waals surface area contributed by atoms with Crippen LogP contribution < -0.4 is 0 Å². The van der Waals surface area contributed by atoms with Crippen LogP contribution in [-0.4, -0.2) is 42.4 Å². The third kappa shape index (κ3) is 3.07. The minimum Gasteiger partial charge on any atom is -0.393 e. The third-order valence-electron chi connectivity index (χ3n) is 7.94. The molecule has 2 saturated carbocycles. The Bertz CT molecular complexity index is 459. The van der Waals surface area contributed by atoms with Gasteiger partial charge >= 0.3 is 0 Å².